The van der Waals surface area contributed by atoms with Gasteiger partial charge in [0.15, 0.2) is 0 Å². The molecule has 0 unspecified atom stereocenters. The van der Waals surface area contributed by atoms with Gasteiger partial charge in [-0.1, -0.05) is 57.9 Å². The lowest BCUT2D eigenvalue weighted by molar-refractivity contribution is 0.575. The standard InChI is InChI=1S/C16H24N2/c1-2-3-4-5-6-7-8-9-11-15-12-10-13-18-16(15)14-17/h10,12-13H,2-9,11H2,1H3. The molecule has 0 bridgehead atoms. The first-order valence-electron chi connectivity index (χ1n) is 7.22. The van der Waals surface area contributed by atoms with Gasteiger partial charge in [-0.2, -0.15) is 5.26 Å². The Hall–Kier alpha value is -1.36. The lowest BCUT2D eigenvalue weighted by atomic mass is 10.0. The third kappa shape index (κ3) is 5.82. The van der Waals surface area contributed by atoms with Gasteiger partial charge in [0, 0.05) is 6.20 Å². The topological polar surface area (TPSA) is 36.7 Å². The third-order valence-electron chi connectivity index (χ3n) is 3.30. The van der Waals surface area contributed by atoms with Gasteiger partial charge in [-0.25, -0.2) is 4.98 Å². The fraction of sp³-hybridized carbons (Fsp3) is 0.625. The van der Waals surface area contributed by atoms with Crippen LogP contribution in [0.3, 0.4) is 0 Å². The molecule has 1 heterocycles. The molecule has 0 atom stereocenters. The molecule has 0 N–H and O–H groups in total. The molecule has 0 fully saturated rings. The van der Waals surface area contributed by atoms with Crippen molar-refractivity contribution in [2.45, 2.75) is 64.7 Å². The molecule has 18 heavy (non-hydrogen) atoms. The maximum absolute atomic E-state index is 8.93. The molecule has 2 heteroatoms. The zero-order chi connectivity index (χ0) is 13.1. The number of unbranched alkanes of at least 4 members (excludes halogenated alkanes) is 7. The Kier molecular flexibility index (Phi) is 7.88. The highest BCUT2D eigenvalue weighted by molar-refractivity contribution is 5.30. The zero-order valence-electron chi connectivity index (χ0n) is 11.5. The first kappa shape index (κ1) is 14.7. The number of rotatable bonds is 9. The Morgan fingerprint density at radius 1 is 1.06 bits per heavy atom. The zero-order valence-corrected chi connectivity index (χ0v) is 11.5. The maximum Gasteiger partial charge on any atom is 0.143 e. The number of nitrogens with zero attached hydrogens (tertiary/aromatic N) is 2. The molecule has 0 amide bonds. The molecule has 0 aliphatic rings. The molecule has 0 aliphatic heterocycles. The van der Waals surface area contributed by atoms with Gasteiger partial charge >= 0.3 is 0 Å². The molecule has 1 aromatic rings. The quantitative estimate of drug-likeness (QED) is 0.593. The van der Waals surface area contributed by atoms with Gasteiger partial charge < -0.3 is 0 Å². The average molecular weight is 244 g/mol. The van der Waals surface area contributed by atoms with Crippen LogP contribution in [0.1, 0.15) is 69.5 Å². The summed E-state index contributed by atoms with van der Waals surface area (Å²) in [5, 5.41) is 8.93. The molecule has 98 valence electrons. The van der Waals surface area contributed by atoms with E-state index in [4.69, 9.17) is 5.26 Å². The molecular formula is C16H24N2. The first-order valence-corrected chi connectivity index (χ1v) is 7.22. The number of aromatic nitrogens is 1. The second-order valence-electron chi connectivity index (χ2n) is 4.85. The van der Waals surface area contributed by atoms with Crippen molar-refractivity contribution in [3.63, 3.8) is 0 Å². The van der Waals surface area contributed by atoms with E-state index in [0.29, 0.717) is 5.69 Å². The van der Waals surface area contributed by atoms with Crippen molar-refractivity contribution in [3.05, 3.63) is 29.6 Å². The largest absolute Gasteiger partial charge is 0.245 e. The molecule has 0 spiro atoms. The summed E-state index contributed by atoms with van der Waals surface area (Å²) in [5.74, 6) is 0. The summed E-state index contributed by atoms with van der Waals surface area (Å²) >= 11 is 0. The fourth-order valence-corrected chi connectivity index (χ4v) is 2.19. The third-order valence-corrected chi connectivity index (χ3v) is 3.30. The van der Waals surface area contributed by atoms with Crippen molar-refractivity contribution in [3.8, 4) is 6.07 Å². The Morgan fingerprint density at radius 2 is 1.72 bits per heavy atom. The summed E-state index contributed by atoms with van der Waals surface area (Å²) in [6.07, 6.45) is 13.3. The number of aryl methyl sites for hydroxylation is 1. The molecule has 1 rings (SSSR count). The van der Waals surface area contributed by atoms with Crippen molar-refractivity contribution >= 4 is 0 Å². The highest BCUT2D eigenvalue weighted by atomic mass is 14.7. The summed E-state index contributed by atoms with van der Waals surface area (Å²) in [5.41, 5.74) is 1.70. The molecular weight excluding hydrogens is 220 g/mol. The van der Waals surface area contributed by atoms with E-state index in [1.807, 2.05) is 12.1 Å². The van der Waals surface area contributed by atoms with Crippen molar-refractivity contribution in [1.29, 1.82) is 5.26 Å². The number of hydrogen-bond donors (Lipinski definition) is 0. The van der Waals surface area contributed by atoms with Crippen molar-refractivity contribution in [1.82, 2.24) is 4.98 Å². The molecule has 2 nitrogen and oxygen atoms in total. The minimum Gasteiger partial charge on any atom is -0.245 e. The van der Waals surface area contributed by atoms with Crippen LogP contribution in [0.4, 0.5) is 0 Å². The highest BCUT2D eigenvalue weighted by Gasteiger charge is 2.01. The lowest BCUT2D eigenvalue weighted by Crippen LogP contribution is -1.93. The van der Waals surface area contributed by atoms with E-state index < -0.39 is 0 Å². The van der Waals surface area contributed by atoms with Gasteiger partial charge in [0.05, 0.1) is 0 Å². The summed E-state index contributed by atoms with van der Waals surface area (Å²) in [6.45, 7) is 2.25. The van der Waals surface area contributed by atoms with Crippen LogP contribution in [0.15, 0.2) is 18.3 Å². The smallest absolute Gasteiger partial charge is 0.143 e. The molecule has 0 saturated heterocycles. The van der Waals surface area contributed by atoms with Gasteiger partial charge in [0.2, 0.25) is 0 Å². The summed E-state index contributed by atoms with van der Waals surface area (Å²) in [4.78, 5) is 4.08. The van der Waals surface area contributed by atoms with Gasteiger partial charge in [-0.3, -0.25) is 0 Å². The number of nitriles is 1. The Bertz CT molecular complexity index is 366. The average Bonchev–Trinajstić information content (AvgIpc) is 2.42. The summed E-state index contributed by atoms with van der Waals surface area (Å²) in [6, 6.07) is 6.10. The van der Waals surface area contributed by atoms with Crippen molar-refractivity contribution < 1.29 is 0 Å². The Balaban J connectivity index is 2.09. The van der Waals surface area contributed by atoms with Crippen molar-refractivity contribution in [2.24, 2.45) is 0 Å². The van der Waals surface area contributed by atoms with Crippen LogP contribution in [0, 0.1) is 11.3 Å². The van der Waals surface area contributed by atoms with Crippen LogP contribution in [0.5, 0.6) is 0 Å². The molecule has 0 aromatic carbocycles. The van der Waals surface area contributed by atoms with Gasteiger partial charge in [-0.05, 0) is 24.5 Å². The molecule has 0 radical (unpaired) electrons. The van der Waals surface area contributed by atoms with E-state index in [-0.39, 0.29) is 0 Å². The van der Waals surface area contributed by atoms with Crippen LogP contribution in [0.25, 0.3) is 0 Å². The van der Waals surface area contributed by atoms with Crippen LogP contribution >= 0.6 is 0 Å². The first-order chi connectivity index (χ1) is 8.88. The second-order valence-corrected chi connectivity index (χ2v) is 4.85. The monoisotopic (exact) mass is 244 g/mol. The van der Waals surface area contributed by atoms with Gasteiger partial charge in [0.25, 0.3) is 0 Å². The van der Waals surface area contributed by atoms with Crippen LogP contribution in [-0.4, -0.2) is 4.98 Å². The van der Waals surface area contributed by atoms with E-state index in [2.05, 4.69) is 18.0 Å². The van der Waals surface area contributed by atoms with E-state index in [0.717, 1.165) is 12.0 Å². The van der Waals surface area contributed by atoms with Crippen LogP contribution < -0.4 is 0 Å². The van der Waals surface area contributed by atoms with Crippen LogP contribution in [0.2, 0.25) is 0 Å². The van der Waals surface area contributed by atoms with E-state index >= 15 is 0 Å². The van der Waals surface area contributed by atoms with Crippen molar-refractivity contribution in [2.75, 3.05) is 0 Å². The second kappa shape index (κ2) is 9.65. The van der Waals surface area contributed by atoms with Gasteiger partial charge in [0.1, 0.15) is 11.8 Å². The predicted molar refractivity (Wildman–Crippen MR) is 75.3 cm³/mol. The highest BCUT2D eigenvalue weighted by Crippen LogP contribution is 2.12. The Labute approximate surface area is 111 Å². The number of hydrogen-bond acceptors (Lipinski definition) is 2. The SMILES string of the molecule is CCCCCCCCCCc1cccnc1C#N. The number of pyridine rings is 1. The lowest BCUT2D eigenvalue weighted by Gasteiger charge is -2.03. The molecule has 1 aromatic heterocycles. The van der Waals surface area contributed by atoms with E-state index in [1.54, 1.807) is 6.20 Å². The minimum absolute atomic E-state index is 0.598. The predicted octanol–water partition coefficient (Wildman–Crippen LogP) is 4.64. The van der Waals surface area contributed by atoms with E-state index in [9.17, 15) is 0 Å². The van der Waals surface area contributed by atoms with Gasteiger partial charge in [-0.15, -0.1) is 0 Å². The molecule has 0 aliphatic carbocycles. The fourth-order valence-electron chi connectivity index (χ4n) is 2.19. The minimum atomic E-state index is 0.598. The normalized spacial score (nSPS) is 10.2. The maximum atomic E-state index is 8.93. The molecule has 0 saturated carbocycles. The van der Waals surface area contributed by atoms with E-state index in [1.165, 1.54) is 51.4 Å². The summed E-state index contributed by atoms with van der Waals surface area (Å²) < 4.78 is 0. The summed E-state index contributed by atoms with van der Waals surface area (Å²) in [7, 11) is 0. The van der Waals surface area contributed by atoms with Crippen LogP contribution in [-0.2, 0) is 6.42 Å². The Morgan fingerprint density at radius 3 is 2.39 bits per heavy atom.